The maximum absolute atomic E-state index is 12.9. The molecular formula is C26H25N3O4. The Morgan fingerprint density at radius 2 is 1.67 bits per heavy atom. The summed E-state index contributed by atoms with van der Waals surface area (Å²) < 4.78 is 5.19. The summed E-state index contributed by atoms with van der Waals surface area (Å²) in [5.41, 5.74) is 2.55. The third-order valence-electron chi connectivity index (χ3n) is 5.51. The van der Waals surface area contributed by atoms with E-state index in [2.05, 4.69) is 10.6 Å². The molecule has 3 aromatic carbocycles. The van der Waals surface area contributed by atoms with Crippen LogP contribution in [-0.2, 0) is 4.79 Å². The van der Waals surface area contributed by atoms with Gasteiger partial charge in [-0.15, -0.1) is 0 Å². The van der Waals surface area contributed by atoms with Gasteiger partial charge in [0.25, 0.3) is 11.8 Å². The molecule has 0 aromatic heterocycles. The van der Waals surface area contributed by atoms with E-state index in [0.29, 0.717) is 41.2 Å². The number of hydrogen-bond acceptors (Lipinski definition) is 4. The molecule has 0 aliphatic carbocycles. The van der Waals surface area contributed by atoms with Crippen molar-refractivity contribution in [1.82, 2.24) is 0 Å². The van der Waals surface area contributed by atoms with Gasteiger partial charge in [-0.2, -0.15) is 0 Å². The first-order valence-electron chi connectivity index (χ1n) is 10.8. The first-order valence-corrected chi connectivity index (χ1v) is 10.8. The van der Waals surface area contributed by atoms with Gasteiger partial charge >= 0.3 is 0 Å². The van der Waals surface area contributed by atoms with Crippen LogP contribution in [0.1, 0.15) is 40.0 Å². The van der Waals surface area contributed by atoms with E-state index in [9.17, 15) is 14.4 Å². The van der Waals surface area contributed by atoms with Gasteiger partial charge < -0.3 is 20.3 Å². The molecule has 168 valence electrons. The Balaban J connectivity index is 1.47. The Hall–Kier alpha value is -4.13. The van der Waals surface area contributed by atoms with E-state index in [1.165, 1.54) is 0 Å². The minimum Gasteiger partial charge on any atom is -0.497 e. The molecular weight excluding hydrogens is 418 g/mol. The Kier molecular flexibility index (Phi) is 6.69. The molecule has 1 heterocycles. The van der Waals surface area contributed by atoms with Crippen molar-refractivity contribution in [1.29, 1.82) is 0 Å². The molecule has 3 amide bonds. The van der Waals surface area contributed by atoms with Crippen LogP contribution in [0.5, 0.6) is 5.75 Å². The molecule has 0 spiro atoms. The molecule has 33 heavy (non-hydrogen) atoms. The molecule has 7 heteroatoms. The molecule has 0 radical (unpaired) electrons. The van der Waals surface area contributed by atoms with Crippen molar-refractivity contribution >= 4 is 34.8 Å². The molecule has 1 fully saturated rings. The number of carbonyl (C=O) groups excluding carboxylic acids is 3. The number of amides is 3. The monoisotopic (exact) mass is 443 g/mol. The largest absolute Gasteiger partial charge is 0.497 e. The van der Waals surface area contributed by atoms with Crippen LogP contribution in [0.3, 0.4) is 0 Å². The summed E-state index contributed by atoms with van der Waals surface area (Å²) in [7, 11) is 1.56. The first-order chi connectivity index (χ1) is 16.0. The smallest absolute Gasteiger partial charge is 0.257 e. The highest BCUT2D eigenvalue weighted by Gasteiger charge is 2.20. The van der Waals surface area contributed by atoms with Crippen molar-refractivity contribution in [3.05, 3.63) is 83.9 Å². The Morgan fingerprint density at radius 1 is 0.879 bits per heavy atom. The molecule has 1 aliphatic rings. The van der Waals surface area contributed by atoms with Crippen molar-refractivity contribution in [2.24, 2.45) is 0 Å². The summed E-state index contributed by atoms with van der Waals surface area (Å²) in [5.74, 6) is 0.0461. The summed E-state index contributed by atoms with van der Waals surface area (Å²) in [6.07, 6.45) is 2.44. The number of nitrogens with zero attached hydrogens (tertiary/aromatic N) is 1. The summed E-state index contributed by atoms with van der Waals surface area (Å²) in [6, 6.07) is 20.8. The van der Waals surface area contributed by atoms with E-state index in [1.807, 2.05) is 0 Å². The van der Waals surface area contributed by atoms with E-state index < -0.39 is 0 Å². The normalized spacial score (nSPS) is 13.4. The predicted octanol–water partition coefficient (Wildman–Crippen LogP) is 4.72. The quantitative estimate of drug-likeness (QED) is 0.577. The number of benzene rings is 3. The lowest BCUT2D eigenvalue weighted by atomic mass is 10.1. The fraction of sp³-hybridized carbons (Fsp3) is 0.192. The molecule has 4 rings (SSSR count). The van der Waals surface area contributed by atoms with Gasteiger partial charge in [-0.3, -0.25) is 14.4 Å². The molecule has 0 bridgehead atoms. The van der Waals surface area contributed by atoms with Gasteiger partial charge in [0.1, 0.15) is 5.75 Å². The predicted molar refractivity (Wildman–Crippen MR) is 128 cm³/mol. The zero-order chi connectivity index (χ0) is 23.2. The third-order valence-corrected chi connectivity index (χ3v) is 5.51. The number of methoxy groups -OCH3 is 1. The lowest BCUT2D eigenvalue weighted by Crippen LogP contribution is -2.35. The van der Waals surface area contributed by atoms with Gasteiger partial charge in [-0.25, -0.2) is 0 Å². The molecule has 7 nitrogen and oxygen atoms in total. The van der Waals surface area contributed by atoms with Gasteiger partial charge in [0.15, 0.2) is 0 Å². The summed E-state index contributed by atoms with van der Waals surface area (Å²) in [5, 5.41) is 5.65. The number of hydrogen-bond donors (Lipinski definition) is 2. The van der Waals surface area contributed by atoms with Gasteiger partial charge in [-0.1, -0.05) is 18.2 Å². The van der Waals surface area contributed by atoms with E-state index in [4.69, 9.17) is 4.74 Å². The highest BCUT2D eigenvalue weighted by molar-refractivity contribution is 6.12. The number of rotatable bonds is 6. The second kappa shape index (κ2) is 9.99. The van der Waals surface area contributed by atoms with Crippen LogP contribution in [0.15, 0.2) is 72.8 Å². The highest BCUT2D eigenvalue weighted by Crippen LogP contribution is 2.23. The molecule has 2 N–H and O–H groups in total. The van der Waals surface area contributed by atoms with E-state index >= 15 is 0 Å². The summed E-state index contributed by atoms with van der Waals surface area (Å²) in [6.45, 7) is 0.695. The molecule has 1 saturated heterocycles. The van der Waals surface area contributed by atoms with Gasteiger partial charge in [0.2, 0.25) is 5.91 Å². The Bertz CT molecular complexity index is 1170. The Labute approximate surface area is 192 Å². The molecule has 0 atom stereocenters. The molecule has 3 aromatic rings. The SMILES string of the molecule is COc1cccc(NC(=O)c2ccccc2NC(=O)c2ccc(N3CCCCC3=O)cc2)c1. The van der Waals surface area contributed by atoms with Crippen LogP contribution >= 0.6 is 0 Å². The van der Waals surface area contributed by atoms with Crippen LogP contribution in [-0.4, -0.2) is 31.4 Å². The van der Waals surface area contributed by atoms with Crippen LogP contribution in [0, 0.1) is 0 Å². The van der Waals surface area contributed by atoms with Gasteiger partial charge in [0.05, 0.1) is 18.4 Å². The van der Waals surface area contributed by atoms with Crippen molar-refractivity contribution in [2.45, 2.75) is 19.3 Å². The maximum Gasteiger partial charge on any atom is 0.257 e. The van der Waals surface area contributed by atoms with Crippen molar-refractivity contribution < 1.29 is 19.1 Å². The first kappa shape index (κ1) is 22.1. The lowest BCUT2D eigenvalue weighted by Gasteiger charge is -2.26. The minimum atomic E-state index is -0.349. The number of anilines is 3. The van der Waals surface area contributed by atoms with Crippen LogP contribution in [0.4, 0.5) is 17.1 Å². The van der Waals surface area contributed by atoms with Crippen molar-refractivity contribution in [2.75, 3.05) is 29.2 Å². The topological polar surface area (TPSA) is 87.7 Å². The van der Waals surface area contributed by atoms with E-state index in [0.717, 1.165) is 18.5 Å². The van der Waals surface area contributed by atoms with E-state index in [-0.39, 0.29) is 17.7 Å². The number of piperidine rings is 1. The average molecular weight is 444 g/mol. The maximum atomic E-state index is 12.9. The third kappa shape index (κ3) is 5.20. The van der Waals surface area contributed by atoms with Crippen molar-refractivity contribution in [3.8, 4) is 5.75 Å². The van der Waals surface area contributed by atoms with Crippen LogP contribution < -0.4 is 20.3 Å². The van der Waals surface area contributed by atoms with Gasteiger partial charge in [-0.05, 0) is 61.4 Å². The average Bonchev–Trinajstić information content (AvgIpc) is 2.85. The van der Waals surface area contributed by atoms with Gasteiger partial charge in [0, 0.05) is 36.0 Å². The van der Waals surface area contributed by atoms with Crippen LogP contribution in [0.25, 0.3) is 0 Å². The molecule has 0 unspecified atom stereocenters. The number of para-hydroxylation sites is 1. The highest BCUT2D eigenvalue weighted by atomic mass is 16.5. The van der Waals surface area contributed by atoms with Crippen molar-refractivity contribution in [3.63, 3.8) is 0 Å². The second-order valence-corrected chi connectivity index (χ2v) is 7.74. The number of carbonyl (C=O) groups is 3. The molecule has 0 saturated carbocycles. The number of nitrogens with one attached hydrogen (secondary N) is 2. The Morgan fingerprint density at radius 3 is 2.42 bits per heavy atom. The minimum absolute atomic E-state index is 0.106. The zero-order valence-electron chi connectivity index (χ0n) is 18.3. The fourth-order valence-corrected chi connectivity index (χ4v) is 3.76. The standard InChI is InChI=1S/C26H25N3O4/c1-33-21-8-6-7-19(17-21)27-26(32)22-9-2-3-10-23(22)28-25(31)18-12-14-20(15-13-18)29-16-5-4-11-24(29)30/h2-3,6-10,12-15,17H,4-5,11,16H2,1H3,(H,27,32)(H,28,31). The summed E-state index contributed by atoms with van der Waals surface area (Å²) in [4.78, 5) is 39.6. The molecule has 1 aliphatic heterocycles. The van der Waals surface area contributed by atoms with Crippen LogP contribution in [0.2, 0.25) is 0 Å². The zero-order valence-corrected chi connectivity index (χ0v) is 18.3. The summed E-state index contributed by atoms with van der Waals surface area (Å²) >= 11 is 0. The number of ether oxygens (including phenoxy) is 1. The lowest BCUT2D eigenvalue weighted by molar-refractivity contribution is -0.119. The van der Waals surface area contributed by atoms with E-state index in [1.54, 1.807) is 84.8 Å². The fourth-order valence-electron chi connectivity index (χ4n) is 3.76. The second-order valence-electron chi connectivity index (χ2n) is 7.74.